The first kappa shape index (κ1) is 37.2. The van der Waals surface area contributed by atoms with Gasteiger partial charge in [0, 0.05) is 25.7 Å². The SMILES string of the molecule is CC(C)(C)OC(=O)CCCCCCC(=O)CCCCCCC(=O)COc1ccc(-c2cccc(C(=O)OCc3ccccc3)c2)cc1. The molecule has 0 aromatic heterocycles. The van der Waals surface area contributed by atoms with Gasteiger partial charge < -0.3 is 14.2 Å². The lowest BCUT2D eigenvalue weighted by Crippen LogP contribution is -2.23. The van der Waals surface area contributed by atoms with Crippen LogP contribution in [0.3, 0.4) is 0 Å². The Kier molecular flexibility index (Phi) is 15.9. The molecule has 0 aliphatic carbocycles. The normalized spacial score (nSPS) is 11.1. The average Bonchev–Trinajstić information content (AvgIpc) is 3.05. The van der Waals surface area contributed by atoms with Gasteiger partial charge in [0.2, 0.25) is 0 Å². The molecule has 0 radical (unpaired) electrons. The molecule has 3 aromatic carbocycles. The van der Waals surface area contributed by atoms with E-state index in [1.54, 1.807) is 6.07 Å². The minimum absolute atomic E-state index is 0.0261. The Bertz CT molecular complexity index is 1400. The summed E-state index contributed by atoms with van der Waals surface area (Å²) < 4.78 is 16.5. The van der Waals surface area contributed by atoms with Gasteiger partial charge in [-0.25, -0.2) is 4.79 Å². The average molecular weight is 643 g/mol. The van der Waals surface area contributed by atoms with Crippen LogP contribution in [0.4, 0.5) is 0 Å². The molecule has 0 bridgehead atoms. The van der Waals surface area contributed by atoms with E-state index in [4.69, 9.17) is 14.2 Å². The minimum Gasteiger partial charge on any atom is -0.486 e. The molecule has 7 heteroatoms. The molecule has 0 N–H and O–H groups in total. The Labute approximate surface area is 280 Å². The zero-order valence-electron chi connectivity index (χ0n) is 28.3. The topological polar surface area (TPSA) is 96.0 Å². The summed E-state index contributed by atoms with van der Waals surface area (Å²) in [7, 11) is 0. The molecule has 0 fully saturated rings. The van der Waals surface area contributed by atoms with Gasteiger partial charge in [-0.3, -0.25) is 14.4 Å². The smallest absolute Gasteiger partial charge is 0.338 e. The highest BCUT2D eigenvalue weighted by atomic mass is 16.6. The molecule has 0 atom stereocenters. The van der Waals surface area contributed by atoms with Crippen LogP contribution >= 0.6 is 0 Å². The predicted molar refractivity (Wildman–Crippen MR) is 184 cm³/mol. The van der Waals surface area contributed by atoms with Crippen molar-refractivity contribution in [3.05, 3.63) is 90.0 Å². The van der Waals surface area contributed by atoms with Crippen LogP contribution in [-0.4, -0.2) is 35.7 Å². The number of carbonyl (C=O) groups is 4. The van der Waals surface area contributed by atoms with E-state index < -0.39 is 5.60 Å². The standard InChI is InChI=1S/C40H50O7/c1-40(2,3)47-38(43)23-14-7-6-12-21-35(41)20-11-4-5-13-22-36(42)30-45-37-26-24-32(25-27-37)33-18-15-19-34(28-33)39(44)46-29-31-16-9-8-10-17-31/h8-10,15-19,24-28H,4-7,11-14,20-23,29-30H2,1-3H3. The molecule has 0 aliphatic heterocycles. The Hall–Kier alpha value is -4.26. The van der Waals surface area contributed by atoms with Crippen molar-refractivity contribution in [2.24, 2.45) is 0 Å². The zero-order valence-corrected chi connectivity index (χ0v) is 28.3. The molecule has 0 spiro atoms. The number of ether oxygens (including phenoxy) is 3. The molecule has 252 valence electrons. The van der Waals surface area contributed by atoms with Gasteiger partial charge >= 0.3 is 11.9 Å². The van der Waals surface area contributed by atoms with Gasteiger partial charge in [-0.2, -0.15) is 0 Å². The molecule has 0 amide bonds. The Morgan fingerprint density at radius 2 is 1.19 bits per heavy atom. The molecule has 0 aliphatic rings. The summed E-state index contributed by atoms with van der Waals surface area (Å²) in [4.78, 5) is 48.8. The van der Waals surface area contributed by atoms with Crippen molar-refractivity contribution < 1.29 is 33.4 Å². The van der Waals surface area contributed by atoms with Crippen LogP contribution < -0.4 is 4.74 Å². The van der Waals surface area contributed by atoms with Crippen molar-refractivity contribution in [3.8, 4) is 16.9 Å². The molecule has 0 saturated carbocycles. The van der Waals surface area contributed by atoms with E-state index in [0.717, 1.165) is 68.1 Å². The van der Waals surface area contributed by atoms with E-state index in [9.17, 15) is 19.2 Å². The molecule has 3 aromatic rings. The lowest BCUT2D eigenvalue weighted by Gasteiger charge is -2.19. The predicted octanol–water partition coefficient (Wildman–Crippen LogP) is 9.25. The first-order valence-corrected chi connectivity index (χ1v) is 16.9. The van der Waals surface area contributed by atoms with Crippen molar-refractivity contribution in [1.82, 2.24) is 0 Å². The van der Waals surface area contributed by atoms with E-state index in [1.807, 2.05) is 93.6 Å². The Balaban J connectivity index is 1.23. The lowest BCUT2D eigenvalue weighted by atomic mass is 10.0. The van der Waals surface area contributed by atoms with Gasteiger partial charge in [0.25, 0.3) is 0 Å². The summed E-state index contributed by atoms with van der Waals surface area (Å²) >= 11 is 0. The van der Waals surface area contributed by atoms with Crippen LogP contribution in [-0.2, 0) is 30.5 Å². The Morgan fingerprint density at radius 3 is 1.81 bits per heavy atom. The van der Waals surface area contributed by atoms with Crippen LogP contribution in [0.2, 0.25) is 0 Å². The van der Waals surface area contributed by atoms with Crippen molar-refractivity contribution in [1.29, 1.82) is 0 Å². The number of unbranched alkanes of at least 4 members (excludes halogenated alkanes) is 6. The maximum absolute atomic E-state index is 12.6. The second kappa shape index (κ2) is 20.1. The second-order valence-electron chi connectivity index (χ2n) is 12.9. The van der Waals surface area contributed by atoms with E-state index in [1.165, 1.54) is 0 Å². The molecular weight excluding hydrogens is 592 g/mol. The van der Waals surface area contributed by atoms with E-state index in [2.05, 4.69) is 0 Å². The maximum Gasteiger partial charge on any atom is 0.338 e. The summed E-state index contributed by atoms with van der Waals surface area (Å²) in [5, 5.41) is 0. The highest BCUT2D eigenvalue weighted by molar-refractivity contribution is 5.91. The van der Waals surface area contributed by atoms with Crippen molar-refractivity contribution in [2.45, 2.75) is 110 Å². The highest BCUT2D eigenvalue weighted by Crippen LogP contribution is 2.24. The second-order valence-corrected chi connectivity index (χ2v) is 12.9. The quantitative estimate of drug-likeness (QED) is 0.0844. The summed E-state index contributed by atoms with van der Waals surface area (Å²) in [5.41, 5.74) is 2.79. The fourth-order valence-electron chi connectivity index (χ4n) is 5.07. The van der Waals surface area contributed by atoms with Gasteiger partial charge in [-0.05, 0) is 87.4 Å². The Morgan fingerprint density at radius 1 is 0.596 bits per heavy atom. The molecule has 0 unspecified atom stereocenters. The number of hydrogen-bond donors (Lipinski definition) is 0. The van der Waals surface area contributed by atoms with Crippen LogP contribution in [0.1, 0.15) is 114 Å². The molecule has 7 nitrogen and oxygen atoms in total. The molecule has 3 rings (SSSR count). The van der Waals surface area contributed by atoms with Crippen molar-refractivity contribution in [3.63, 3.8) is 0 Å². The lowest BCUT2D eigenvalue weighted by molar-refractivity contribution is -0.155. The van der Waals surface area contributed by atoms with Gasteiger partial charge in [-0.15, -0.1) is 0 Å². The van der Waals surface area contributed by atoms with Crippen molar-refractivity contribution in [2.75, 3.05) is 6.61 Å². The minimum atomic E-state index is -0.441. The van der Waals surface area contributed by atoms with E-state index in [0.29, 0.717) is 42.8 Å². The molecule has 47 heavy (non-hydrogen) atoms. The van der Waals surface area contributed by atoms with Crippen molar-refractivity contribution >= 4 is 23.5 Å². The number of hydrogen-bond acceptors (Lipinski definition) is 7. The fourth-order valence-corrected chi connectivity index (χ4v) is 5.07. The first-order chi connectivity index (χ1) is 22.6. The highest BCUT2D eigenvalue weighted by Gasteiger charge is 2.15. The molecule has 0 heterocycles. The fraction of sp³-hybridized carbons (Fsp3) is 0.450. The van der Waals surface area contributed by atoms with E-state index in [-0.39, 0.29) is 30.9 Å². The largest absolute Gasteiger partial charge is 0.486 e. The zero-order chi connectivity index (χ0) is 33.9. The number of benzene rings is 3. The summed E-state index contributed by atoms with van der Waals surface area (Å²) in [5.74, 6) is 0.426. The number of ketones is 2. The summed E-state index contributed by atoms with van der Waals surface area (Å²) in [6.07, 6.45) is 9.11. The molecular formula is C40H50O7. The number of Topliss-reactive ketones (excluding diaryl/α,β-unsaturated/α-hetero) is 2. The van der Waals surface area contributed by atoms with Gasteiger partial charge in [-0.1, -0.05) is 80.3 Å². The molecule has 0 saturated heterocycles. The third-order valence-corrected chi connectivity index (χ3v) is 7.57. The van der Waals surface area contributed by atoms with Crippen LogP contribution in [0.25, 0.3) is 11.1 Å². The van der Waals surface area contributed by atoms with Crippen LogP contribution in [0.5, 0.6) is 5.75 Å². The summed E-state index contributed by atoms with van der Waals surface area (Å²) in [6.45, 7) is 5.85. The van der Waals surface area contributed by atoms with Gasteiger partial charge in [0.1, 0.15) is 30.3 Å². The summed E-state index contributed by atoms with van der Waals surface area (Å²) in [6, 6.07) is 24.3. The third-order valence-electron chi connectivity index (χ3n) is 7.57. The first-order valence-electron chi connectivity index (χ1n) is 16.9. The monoisotopic (exact) mass is 642 g/mol. The number of rotatable bonds is 21. The number of esters is 2. The van der Waals surface area contributed by atoms with Crippen LogP contribution in [0.15, 0.2) is 78.9 Å². The van der Waals surface area contributed by atoms with E-state index >= 15 is 0 Å². The number of carbonyl (C=O) groups excluding carboxylic acids is 4. The maximum atomic E-state index is 12.6. The van der Waals surface area contributed by atoms with Gasteiger partial charge in [0.05, 0.1) is 5.56 Å². The van der Waals surface area contributed by atoms with Gasteiger partial charge in [0.15, 0.2) is 5.78 Å². The third kappa shape index (κ3) is 15.7. The van der Waals surface area contributed by atoms with Crippen LogP contribution in [0, 0.1) is 0 Å².